The van der Waals surface area contributed by atoms with E-state index in [1.807, 2.05) is 26.8 Å². The van der Waals surface area contributed by atoms with E-state index >= 15 is 0 Å². The zero-order chi connectivity index (χ0) is 15.2. The number of ether oxygens (including phenoxy) is 2. The predicted octanol–water partition coefficient (Wildman–Crippen LogP) is 3.43. The molecule has 0 aliphatic carbocycles. The number of halogens is 1. The molecule has 0 aliphatic rings. The van der Waals surface area contributed by atoms with Gasteiger partial charge in [-0.1, -0.05) is 25.4 Å². The molecule has 0 spiro atoms. The van der Waals surface area contributed by atoms with Crippen LogP contribution in [-0.4, -0.2) is 29.8 Å². The minimum Gasteiger partial charge on any atom is -0.474 e. The van der Waals surface area contributed by atoms with E-state index in [0.29, 0.717) is 30.2 Å². The SMILES string of the molecule is CC(C)NCc1cnc(OCCOC(C)(C)C)c(Cl)c1. The second kappa shape index (κ2) is 7.81. The summed E-state index contributed by atoms with van der Waals surface area (Å²) in [6, 6.07) is 2.31. The van der Waals surface area contributed by atoms with Gasteiger partial charge in [0.15, 0.2) is 0 Å². The Kier molecular flexibility index (Phi) is 6.72. The molecule has 0 aromatic carbocycles. The number of hydrogen-bond donors (Lipinski definition) is 1. The van der Waals surface area contributed by atoms with Gasteiger partial charge in [0.05, 0.1) is 12.2 Å². The van der Waals surface area contributed by atoms with Gasteiger partial charge in [0.25, 0.3) is 0 Å². The van der Waals surface area contributed by atoms with Crippen LogP contribution in [0.4, 0.5) is 0 Å². The Labute approximate surface area is 126 Å². The van der Waals surface area contributed by atoms with Crippen LogP contribution in [0.3, 0.4) is 0 Å². The molecule has 1 rings (SSSR count). The molecule has 0 radical (unpaired) electrons. The zero-order valence-electron chi connectivity index (χ0n) is 13.0. The molecular formula is C15H25ClN2O2. The largest absolute Gasteiger partial charge is 0.474 e. The van der Waals surface area contributed by atoms with Gasteiger partial charge in [-0.3, -0.25) is 0 Å². The van der Waals surface area contributed by atoms with E-state index in [-0.39, 0.29) is 5.60 Å². The molecule has 114 valence electrons. The van der Waals surface area contributed by atoms with Gasteiger partial charge >= 0.3 is 0 Å². The molecule has 0 fully saturated rings. The Morgan fingerprint density at radius 1 is 1.30 bits per heavy atom. The van der Waals surface area contributed by atoms with Crippen LogP contribution in [0.1, 0.15) is 40.2 Å². The normalized spacial score (nSPS) is 11.9. The van der Waals surface area contributed by atoms with Gasteiger partial charge in [-0.2, -0.15) is 0 Å². The fourth-order valence-electron chi connectivity index (χ4n) is 1.48. The Morgan fingerprint density at radius 2 is 2.00 bits per heavy atom. The van der Waals surface area contributed by atoms with Crippen molar-refractivity contribution in [2.75, 3.05) is 13.2 Å². The molecule has 1 aromatic rings. The van der Waals surface area contributed by atoms with Crippen LogP contribution in [0.2, 0.25) is 5.02 Å². The molecule has 20 heavy (non-hydrogen) atoms. The van der Waals surface area contributed by atoms with Crippen molar-refractivity contribution in [2.45, 2.75) is 52.8 Å². The van der Waals surface area contributed by atoms with Gasteiger partial charge in [0, 0.05) is 18.8 Å². The summed E-state index contributed by atoms with van der Waals surface area (Å²) in [5, 5.41) is 3.85. The second-order valence-corrected chi connectivity index (χ2v) is 6.38. The van der Waals surface area contributed by atoms with Crippen LogP contribution in [0.15, 0.2) is 12.3 Å². The number of pyridine rings is 1. The smallest absolute Gasteiger partial charge is 0.232 e. The molecule has 0 aliphatic heterocycles. The minimum absolute atomic E-state index is 0.160. The van der Waals surface area contributed by atoms with Crippen molar-refractivity contribution in [3.05, 3.63) is 22.8 Å². The second-order valence-electron chi connectivity index (χ2n) is 5.98. The topological polar surface area (TPSA) is 43.4 Å². The third kappa shape index (κ3) is 7.08. The summed E-state index contributed by atoms with van der Waals surface area (Å²) in [5.41, 5.74) is 0.884. The maximum Gasteiger partial charge on any atom is 0.232 e. The van der Waals surface area contributed by atoms with Crippen molar-refractivity contribution in [2.24, 2.45) is 0 Å². The highest BCUT2D eigenvalue weighted by atomic mass is 35.5. The molecule has 1 heterocycles. The van der Waals surface area contributed by atoms with E-state index in [1.54, 1.807) is 6.20 Å². The van der Waals surface area contributed by atoms with Crippen molar-refractivity contribution in [1.82, 2.24) is 10.3 Å². The molecule has 0 unspecified atom stereocenters. The highest BCUT2D eigenvalue weighted by molar-refractivity contribution is 6.31. The average molecular weight is 301 g/mol. The van der Waals surface area contributed by atoms with Gasteiger partial charge < -0.3 is 14.8 Å². The molecule has 0 saturated carbocycles. The summed E-state index contributed by atoms with van der Waals surface area (Å²) in [6.45, 7) is 11.9. The van der Waals surface area contributed by atoms with Gasteiger partial charge in [-0.05, 0) is 32.4 Å². The average Bonchev–Trinajstić information content (AvgIpc) is 2.32. The number of nitrogens with zero attached hydrogens (tertiary/aromatic N) is 1. The quantitative estimate of drug-likeness (QED) is 0.784. The third-order valence-electron chi connectivity index (χ3n) is 2.44. The van der Waals surface area contributed by atoms with E-state index in [1.165, 1.54) is 0 Å². The summed E-state index contributed by atoms with van der Waals surface area (Å²) in [4.78, 5) is 4.24. The first-order valence-electron chi connectivity index (χ1n) is 6.92. The van der Waals surface area contributed by atoms with Gasteiger partial charge in [-0.25, -0.2) is 4.98 Å². The van der Waals surface area contributed by atoms with Crippen molar-refractivity contribution < 1.29 is 9.47 Å². The van der Waals surface area contributed by atoms with Crippen LogP contribution in [0, 0.1) is 0 Å². The highest BCUT2D eigenvalue weighted by Gasteiger charge is 2.10. The first-order valence-corrected chi connectivity index (χ1v) is 7.30. The molecule has 0 bridgehead atoms. The Morgan fingerprint density at radius 3 is 2.55 bits per heavy atom. The third-order valence-corrected chi connectivity index (χ3v) is 2.71. The van der Waals surface area contributed by atoms with Gasteiger partial charge in [0.1, 0.15) is 11.6 Å². The van der Waals surface area contributed by atoms with E-state index < -0.39 is 0 Å². The van der Waals surface area contributed by atoms with E-state index in [0.717, 1.165) is 12.1 Å². The van der Waals surface area contributed by atoms with Crippen LogP contribution in [-0.2, 0) is 11.3 Å². The van der Waals surface area contributed by atoms with Crippen LogP contribution >= 0.6 is 11.6 Å². The summed E-state index contributed by atoms with van der Waals surface area (Å²) in [7, 11) is 0. The molecule has 0 amide bonds. The number of nitrogens with one attached hydrogen (secondary N) is 1. The molecule has 1 N–H and O–H groups in total. The van der Waals surface area contributed by atoms with Crippen LogP contribution in [0.5, 0.6) is 5.88 Å². The first-order chi connectivity index (χ1) is 9.28. The Hall–Kier alpha value is -0.840. The molecule has 0 saturated heterocycles. The first kappa shape index (κ1) is 17.2. The predicted molar refractivity (Wildman–Crippen MR) is 82.4 cm³/mol. The lowest BCUT2D eigenvalue weighted by Gasteiger charge is -2.19. The van der Waals surface area contributed by atoms with E-state index in [9.17, 15) is 0 Å². The molecule has 5 heteroatoms. The molecular weight excluding hydrogens is 276 g/mol. The summed E-state index contributed by atoms with van der Waals surface area (Å²) in [5.74, 6) is 0.456. The lowest BCUT2D eigenvalue weighted by atomic mass is 10.2. The minimum atomic E-state index is -0.160. The summed E-state index contributed by atoms with van der Waals surface area (Å²) < 4.78 is 11.1. The monoisotopic (exact) mass is 300 g/mol. The zero-order valence-corrected chi connectivity index (χ0v) is 13.8. The van der Waals surface area contributed by atoms with E-state index in [4.69, 9.17) is 21.1 Å². The van der Waals surface area contributed by atoms with Crippen molar-refractivity contribution in [3.8, 4) is 5.88 Å². The fraction of sp³-hybridized carbons (Fsp3) is 0.667. The molecule has 1 aromatic heterocycles. The van der Waals surface area contributed by atoms with Crippen LogP contribution < -0.4 is 10.1 Å². The van der Waals surface area contributed by atoms with Gasteiger partial charge in [-0.15, -0.1) is 0 Å². The number of rotatable bonds is 7. The Balaban J connectivity index is 2.43. The molecule has 4 nitrogen and oxygen atoms in total. The van der Waals surface area contributed by atoms with Crippen molar-refractivity contribution in [3.63, 3.8) is 0 Å². The maximum absolute atomic E-state index is 6.16. The fourth-order valence-corrected chi connectivity index (χ4v) is 1.72. The van der Waals surface area contributed by atoms with E-state index in [2.05, 4.69) is 24.1 Å². The summed E-state index contributed by atoms with van der Waals surface area (Å²) in [6.07, 6.45) is 1.78. The highest BCUT2D eigenvalue weighted by Crippen LogP contribution is 2.22. The lowest BCUT2D eigenvalue weighted by molar-refractivity contribution is -0.0167. The van der Waals surface area contributed by atoms with Crippen LogP contribution in [0.25, 0.3) is 0 Å². The maximum atomic E-state index is 6.16. The molecule has 0 atom stereocenters. The number of aromatic nitrogens is 1. The van der Waals surface area contributed by atoms with Gasteiger partial charge in [0.2, 0.25) is 5.88 Å². The van der Waals surface area contributed by atoms with Crippen molar-refractivity contribution >= 4 is 11.6 Å². The Bertz CT molecular complexity index is 417. The summed E-state index contributed by atoms with van der Waals surface area (Å²) >= 11 is 6.16. The standard InChI is InChI=1S/C15H25ClN2O2/c1-11(2)17-9-12-8-13(16)14(18-10-12)19-6-7-20-15(3,4)5/h8,10-11,17H,6-7,9H2,1-5H3. The lowest BCUT2D eigenvalue weighted by Crippen LogP contribution is -2.23. The number of hydrogen-bond acceptors (Lipinski definition) is 4. The van der Waals surface area contributed by atoms with Crippen molar-refractivity contribution in [1.29, 1.82) is 0 Å².